The maximum atomic E-state index is 11.9. The highest BCUT2D eigenvalue weighted by molar-refractivity contribution is 6.39. The summed E-state index contributed by atoms with van der Waals surface area (Å²) in [5.41, 5.74) is 5.43. The predicted molar refractivity (Wildman–Crippen MR) is 118 cm³/mol. The molecule has 0 unspecified atom stereocenters. The SMILES string of the molecule is Cc1ccc(NC(=O)C(=O)NN=Cc2ccc(OCc3ccccc3Cl)cc2)cc1. The lowest BCUT2D eigenvalue weighted by atomic mass is 10.2. The Morgan fingerprint density at radius 2 is 1.67 bits per heavy atom. The molecule has 0 atom stereocenters. The number of nitrogens with one attached hydrogen (secondary N) is 2. The van der Waals surface area contributed by atoms with Gasteiger partial charge >= 0.3 is 11.8 Å². The zero-order valence-electron chi connectivity index (χ0n) is 16.3. The van der Waals surface area contributed by atoms with Crippen LogP contribution in [0.5, 0.6) is 5.75 Å². The van der Waals surface area contributed by atoms with Crippen molar-refractivity contribution in [3.05, 3.63) is 94.5 Å². The van der Waals surface area contributed by atoms with Gasteiger partial charge in [0.1, 0.15) is 12.4 Å². The molecule has 3 aromatic rings. The molecule has 0 bridgehead atoms. The summed E-state index contributed by atoms with van der Waals surface area (Å²) < 4.78 is 5.71. The van der Waals surface area contributed by atoms with Crippen LogP contribution in [0.25, 0.3) is 0 Å². The number of rotatable bonds is 6. The Bertz CT molecular complexity index is 1050. The lowest BCUT2D eigenvalue weighted by molar-refractivity contribution is -0.136. The second-order valence-corrected chi connectivity index (χ2v) is 6.88. The van der Waals surface area contributed by atoms with E-state index in [-0.39, 0.29) is 0 Å². The van der Waals surface area contributed by atoms with E-state index in [2.05, 4.69) is 15.8 Å². The fraction of sp³-hybridized carbons (Fsp3) is 0.0870. The maximum absolute atomic E-state index is 11.9. The highest BCUT2D eigenvalue weighted by Crippen LogP contribution is 2.18. The van der Waals surface area contributed by atoms with Crippen molar-refractivity contribution in [2.75, 3.05) is 5.32 Å². The average Bonchev–Trinajstić information content (AvgIpc) is 2.75. The van der Waals surface area contributed by atoms with E-state index < -0.39 is 11.8 Å². The van der Waals surface area contributed by atoms with Crippen LogP contribution in [-0.4, -0.2) is 18.0 Å². The number of aryl methyl sites for hydroxylation is 1. The highest BCUT2D eigenvalue weighted by atomic mass is 35.5. The zero-order valence-corrected chi connectivity index (χ0v) is 17.0. The van der Waals surface area contributed by atoms with Gasteiger partial charge in [0, 0.05) is 16.3 Å². The largest absolute Gasteiger partial charge is 0.489 e. The molecule has 0 fully saturated rings. The molecule has 0 aliphatic carbocycles. The van der Waals surface area contributed by atoms with E-state index in [4.69, 9.17) is 16.3 Å². The van der Waals surface area contributed by atoms with Crippen LogP contribution in [0.15, 0.2) is 77.9 Å². The topological polar surface area (TPSA) is 79.8 Å². The quantitative estimate of drug-likeness (QED) is 0.353. The normalized spacial score (nSPS) is 10.6. The Hall–Kier alpha value is -3.64. The molecular formula is C23H20ClN3O3. The first kappa shape index (κ1) is 21.1. The lowest BCUT2D eigenvalue weighted by Gasteiger charge is -2.07. The first-order valence-corrected chi connectivity index (χ1v) is 9.56. The van der Waals surface area contributed by atoms with Gasteiger partial charge in [-0.1, -0.05) is 47.5 Å². The Labute approximate surface area is 179 Å². The minimum Gasteiger partial charge on any atom is -0.489 e. The predicted octanol–water partition coefficient (Wildman–Crippen LogP) is 4.32. The Kier molecular flexibility index (Phi) is 7.19. The summed E-state index contributed by atoms with van der Waals surface area (Å²) in [4.78, 5) is 23.7. The average molecular weight is 422 g/mol. The molecule has 3 aromatic carbocycles. The van der Waals surface area contributed by atoms with Crippen molar-refractivity contribution in [3.63, 3.8) is 0 Å². The van der Waals surface area contributed by atoms with Gasteiger partial charge in [-0.2, -0.15) is 5.10 Å². The summed E-state index contributed by atoms with van der Waals surface area (Å²) >= 11 is 6.11. The van der Waals surface area contributed by atoms with Gasteiger partial charge in [-0.05, 0) is 55.0 Å². The van der Waals surface area contributed by atoms with Crippen LogP contribution in [-0.2, 0) is 16.2 Å². The third kappa shape index (κ3) is 6.18. The van der Waals surface area contributed by atoms with Crippen molar-refractivity contribution in [1.82, 2.24) is 5.43 Å². The standard InChI is InChI=1S/C23H20ClN3O3/c1-16-6-10-19(11-7-16)26-22(28)23(29)27-25-14-17-8-12-20(13-9-17)30-15-18-4-2-3-5-21(18)24/h2-14H,15H2,1H3,(H,26,28)(H,27,29). The number of halogens is 1. The van der Waals surface area contributed by atoms with Crippen molar-refractivity contribution >= 4 is 35.3 Å². The Balaban J connectivity index is 1.47. The van der Waals surface area contributed by atoms with E-state index in [0.717, 1.165) is 16.7 Å². The van der Waals surface area contributed by atoms with Crippen molar-refractivity contribution in [1.29, 1.82) is 0 Å². The molecule has 0 aliphatic rings. The molecule has 0 aliphatic heterocycles. The Morgan fingerprint density at radius 1 is 0.967 bits per heavy atom. The summed E-state index contributed by atoms with van der Waals surface area (Å²) in [5, 5.41) is 6.97. The number of benzene rings is 3. The summed E-state index contributed by atoms with van der Waals surface area (Å²) in [6.07, 6.45) is 1.44. The molecule has 6 nitrogen and oxygen atoms in total. The summed E-state index contributed by atoms with van der Waals surface area (Å²) in [6, 6.07) is 21.7. The molecule has 7 heteroatoms. The molecule has 0 heterocycles. The van der Waals surface area contributed by atoms with Crippen molar-refractivity contribution in [2.24, 2.45) is 5.10 Å². The van der Waals surface area contributed by atoms with Crippen LogP contribution in [0.2, 0.25) is 5.02 Å². The second-order valence-electron chi connectivity index (χ2n) is 6.47. The van der Waals surface area contributed by atoms with Crippen LogP contribution >= 0.6 is 11.6 Å². The smallest absolute Gasteiger partial charge is 0.329 e. The number of nitrogens with zero attached hydrogens (tertiary/aromatic N) is 1. The van der Waals surface area contributed by atoms with Crippen LogP contribution in [0.4, 0.5) is 5.69 Å². The molecule has 0 radical (unpaired) electrons. The highest BCUT2D eigenvalue weighted by Gasteiger charge is 2.12. The van der Waals surface area contributed by atoms with E-state index >= 15 is 0 Å². The monoisotopic (exact) mass is 421 g/mol. The number of hydrogen-bond acceptors (Lipinski definition) is 4. The number of carbonyl (C=O) groups is 2. The lowest BCUT2D eigenvalue weighted by Crippen LogP contribution is -2.32. The number of anilines is 1. The van der Waals surface area contributed by atoms with E-state index in [1.807, 2.05) is 43.3 Å². The minimum atomic E-state index is -0.855. The number of amides is 2. The number of carbonyl (C=O) groups excluding carboxylic acids is 2. The molecular weight excluding hydrogens is 402 g/mol. The van der Waals surface area contributed by atoms with Gasteiger partial charge in [-0.25, -0.2) is 5.43 Å². The zero-order chi connectivity index (χ0) is 21.3. The third-order valence-corrected chi connectivity index (χ3v) is 4.50. The maximum Gasteiger partial charge on any atom is 0.329 e. The molecule has 0 aromatic heterocycles. The van der Waals surface area contributed by atoms with Gasteiger partial charge in [0.25, 0.3) is 0 Å². The van der Waals surface area contributed by atoms with Gasteiger partial charge in [0.05, 0.1) is 6.21 Å². The second kappa shape index (κ2) is 10.2. The van der Waals surface area contributed by atoms with E-state index in [9.17, 15) is 9.59 Å². The third-order valence-electron chi connectivity index (χ3n) is 4.13. The molecule has 0 spiro atoms. The fourth-order valence-corrected chi connectivity index (χ4v) is 2.66. The van der Waals surface area contributed by atoms with E-state index in [1.165, 1.54) is 6.21 Å². The van der Waals surface area contributed by atoms with Gasteiger partial charge in [-0.15, -0.1) is 0 Å². The molecule has 2 N–H and O–H groups in total. The Morgan fingerprint density at radius 3 is 2.37 bits per heavy atom. The first-order chi connectivity index (χ1) is 14.5. The van der Waals surface area contributed by atoms with Crippen LogP contribution in [0, 0.1) is 6.92 Å². The summed E-state index contributed by atoms with van der Waals surface area (Å²) in [6.45, 7) is 2.30. The van der Waals surface area contributed by atoms with Gasteiger partial charge in [-0.3, -0.25) is 9.59 Å². The number of hydrazone groups is 1. The van der Waals surface area contributed by atoms with Gasteiger partial charge < -0.3 is 10.1 Å². The molecule has 30 heavy (non-hydrogen) atoms. The summed E-state index contributed by atoms with van der Waals surface area (Å²) in [5.74, 6) is -0.973. The van der Waals surface area contributed by atoms with Crippen LogP contribution < -0.4 is 15.5 Å². The number of ether oxygens (including phenoxy) is 1. The molecule has 152 valence electrons. The van der Waals surface area contributed by atoms with Crippen molar-refractivity contribution in [2.45, 2.75) is 13.5 Å². The minimum absolute atomic E-state index is 0.360. The molecule has 0 saturated carbocycles. The first-order valence-electron chi connectivity index (χ1n) is 9.18. The number of hydrogen-bond donors (Lipinski definition) is 2. The summed E-state index contributed by atoms with van der Waals surface area (Å²) in [7, 11) is 0. The molecule has 3 rings (SSSR count). The van der Waals surface area contributed by atoms with Crippen molar-refractivity contribution in [3.8, 4) is 5.75 Å². The van der Waals surface area contributed by atoms with Crippen LogP contribution in [0.1, 0.15) is 16.7 Å². The van der Waals surface area contributed by atoms with Crippen LogP contribution in [0.3, 0.4) is 0 Å². The van der Waals surface area contributed by atoms with E-state index in [1.54, 1.807) is 36.4 Å². The molecule has 0 saturated heterocycles. The van der Waals surface area contributed by atoms with Gasteiger partial charge in [0.2, 0.25) is 0 Å². The van der Waals surface area contributed by atoms with Gasteiger partial charge in [0.15, 0.2) is 0 Å². The van der Waals surface area contributed by atoms with E-state index in [0.29, 0.717) is 23.1 Å². The molecule has 2 amide bonds. The fourth-order valence-electron chi connectivity index (χ4n) is 2.47. The van der Waals surface area contributed by atoms with Crippen molar-refractivity contribution < 1.29 is 14.3 Å².